The molecule has 0 aromatic rings. The Labute approximate surface area is 203 Å². The van der Waals surface area contributed by atoms with Gasteiger partial charge in [0.15, 0.2) is 12.6 Å². The summed E-state index contributed by atoms with van der Waals surface area (Å²) >= 11 is 0. The topological polar surface area (TPSA) is 228 Å². The molecule has 2 rings (SSSR count). The van der Waals surface area contributed by atoms with Gasteiger partial charge >= 0.3 is 0 Å². The second-order valence-electron chi connectivity index (χ2n) is 9.03. The standard InChI is InChI=1S/C21H40O14/c1-8-15(27)19(35-21-18(30)17(29)16(28)13(6-24)33-21)14(7-25)34-20(8)32-10(3)9(2)31-12(5-23)11(26)4-22/h8-30H,4-7H2,1-3H3/t8?,9-,10-,11+,12?,13?,14+,15?,16+,17?,18+,19-,20-,21+/m1/s1. The first-order chi connectivity index (χ1) is 16.5. The van der Waals surface area contributed by atoms with Crippen molar-refractivity contribution in [3.63, 3.8) is 0 Å². The van der Waals surface area contributed by atoms with Crippen molar-refractivity contribution in [2.24, 2.45) is 5.92 Å². The Morgan fingerprint density at radius 2 is 1.34 bits per heavy atom. The maximum absolute atomic E-state index is 10.9. The van der Waals surface area contributed by atoms with Gasteiger partial charge in [0.25, 0.3) is 0 Å². The van der Waals surface area contributed by atoms with E-state index in [1.54, 1.807) is 20.8 Å². The molecule has 208 valence electrons. The van der Waals surface area contributed by atoms with Gasteiger partial charge in [-0.2, -0.15) is 0 Å². The lowest BCUT2D eigenvalue weighted by atomic mass is 9.91. The molecule has 5 unspecified atom stereocenters. The molecule has 2 aliphatic rings. The Bertz CT molecular complexity index is 609. The van der Waals surface area contributed by atoms with E-state index in [1.807, 2.05) is 0 Å². The van der Waals surface area contributed by atoms with E-state index >= 15 is 0 Å². The number of aliphatic hydroxyl groups is 9. The van der Waals surface area contributed by atoms with Crippen LogP contribution in [0.1, 0.15) is 20.8 Å². The summed E-state index contributed by atoms with van der Waals surface area (Å²) in [5, 5.41) is 88.3. The number of ether oxygens (including phenoxy) is 5. The molecule has 0 bridgehead atoms. The maximum atomic E-state index is 10.9. The van der Waals surface area contributed by atoms with E-state index in [-0.39, 0.29) is 0 Å². The van der Waals surface area contributed by atoms with Crippen LogP contribution < -0.4 is 0 Å². The first-order valence-electron chi connectivity index (χ1n) is 11.6. The zero-order valence-corrected chi connectivity index (χ0v) is 20.0. The summed E-state index contributed by atoms with van der Waals surface area (Å²) in [5.41, 5.74) is 0. The summed E-state index contributed by atoms with van der Waals surface area (Å²) in [6.07, 6.45) is -16.1. The lowest BCUT2D eigenvalue weighted by molar-refractivity contribution is -0.357. The smallest absolute Gasteiger partial charge is 0.187 e. The second kappa shape index (κ2) is 13.8. The minimum atomic E-state index is -1.70. The molecule has 0 aromatic carbocycles. The Kier molecular flexibility index (Phi) is 12.1. The van der Waals surface area contributed by atoms with Gasteiger partial charge in [-0.05, 0) is 13.8 Å². The van der Waals surface area contributed by atoms with Crippen molar-refractivity contribution >= 4 is 0 Å². The van der Waals surface area contributed by atoms with E-state index in [0.29, 0.717) is 0 Å². The Morgan fingerprint density at radius 3 is 1.89 bits per heavy atom. The largest absolute Gasteiger partial charge is 0.394 e. The highest BCUT2D eigenvalue weighted by Gasteiger charge is 2.50. The van der Waals surface area contributed by atoms with Crippen LogP contribution in [-0.4, -0.2) is 152 Å². The Balaban J connectivity index is 2.04. The number of hydrogen-bond acceptors (Lipinski definition) is 14. The number of hydrogen-bond donors (Lipinski definition) is 9. The first-order valence-corrected chi connectivity index (χ1v) is 11.6. The summed E-state index contributed by atoms with van der Waals surface area (Å²) in [4.78, 5) is 0. The van der Waals surface area contributed by atoms with Gasteiger partial charge in [-0.3, -0.25) is 0 Å². The fraction of sp³-hybridized carbons (Fsp3) is 1.00. The molecule has 14 nitrogen and oxygen atoms in total. The normalized spacial score (nSPS) is 41.8. The van der Waals surface area contributed by atoms with Gasteiger partial charge in [0, 0.05) is 5.92 Å². The highest BCUT2D eigenvalue weighted by atomic mass is 16.7. The molecule has 2 fully saturated rings. The number of aliphatic hydroxyl groups excluding tert-OH is 9. The van der Waals surface area contributed by atoms with Gasteiger partial charge in [-0.25, -0.2) is 0 Å². The third kappa shape index (κ3) is 7.27. The van der Waals surface area contributed by atoms with Crippen molar-refractivity contribution in [1.82, 2.24) is 0 Å². The van der Waals surface area contributed by atoms with Gasteiger partial charge in [-0.1, -0.05) is 6.92 Å². The van der Waals surface area contributed by atoms with E-state index in [9.17, 15) is 40.9 Å². The molecule has 0 spiro atoms. The molecule has 35 heavy (non-hydrogen) atoms. The van der Waals surface area contributed by atoms with Crippen LogP contribution >= 0.6 is 0 Å². The average molecular weight is 517 g/mol. The van der Waals surface area contributed by atoms with Gasteiger partial charge in [0.1, 0.15) is 48.8 Å². The van der Waals surface area contributed by atoms with E-state index in [2.05, 4.69) is 0 Å². The van der Waals surface area contributed by atoms with Gasteiger partial charge < -0.3 is 69.6 Å². The third-order valence-electron chi connectivity index (χ3n) is 6.50. The van der Waals surface area contributed by atoms with Gasteiger partial charge in [-0.15, -0.1) is 0 Å². The molecule has 2 saturated heterocycles. The van der Waals surface area contributed by atoms with Crippen molar-refractivity contribution in [2.75, 3.05) is 26.4 Å². The van der Waals surface area contributed by atoms with Crippen LogP contribution in [-0.2, 0) is 23.7 Å². The highest BCUT2D eigenvalue weighted by Crippen LogP contribution is 2.33. The van der Waals surface area contributed by atoms with Gasteiger partial charge in [0.2, 0.25) is 0 Å². The van der Waals surface area contributed by atoms with E-state index < -0.39 is 112 Å². The molecule has 0 amide bonds. The van der Waals surface area contributed by atoms with Crippen molar-refractivity contribution in [3.8, 4) is 0 Å². The summed E-state index contributed by atoms with van der Waals surface area (Å²) < 4.78 is 28.2. The van der Waals surface area contributed by atoms with Crippen molar-refractivity contribution in [1.29, 1.82) is 0 Å². The van der Waals surface area contributed by atoms with Crippen LogP contribution in [0.25, 0.3) is 0 Å². The highest BCUT2D eigenvalue weighted by molar-refractivity contribution is 4.93. The van der Waals surface area contributed by atoms with Crippen LogP contribution in [0.4, 0.5) is 0 Å². The van der Waals surface area contributed by atoms with Crippen LogP contribution in [0, 0.1) is 5.92 Å². The van der Waals surface area contributed by atoms with Crippen molar-refractivity contribution in [2.45, 2.75) is 100 Å². The zero-order chi connectivity index (χ0) is 26.4. The van der Waals surface area contributed by atoms with Crippen LogP contribution in [0.5, 0.6) is 0 Å². The molecule has 0 aromatic heterocycles. The average Bonchev–Trinajstić information content (AvgIpc) is 2.85. The Hall–Kier alpha value is -0.560. The molecule has 14 atom stereocenters. The monoisotopic (exact) mass is 516 g/mol. The molecular weight excluding hydrogens is 476 g/mol. The maximum Gasteiger partial charge on any atom is 0.187 e. The number of rotatable bonds is 12. The van der Waals surface area contributed by atoms with Gasteiger partial charge in [0.05, 0.1) is 44.7 Å². The fourth-order valence-corrected chi connectivity index (χ4v) is 3.94. The lowest BCUT2D eigenvalue weighted by Gasteiger charge is -2.47. The minimum Gasteiger partial charge on any atom is -0.394 e. The zero-order valence-electron chi connectivity index (χ0n) is 20.0. The summed E-state index contributed by atoms with van der Waals surface area (Å²) in [7, 11) is 0. The molecular formula is C21H40O14. The predicted molar refractivity (Wildman–Crippen MR) is 115 cm³/mol. The van der Waals surface area contributed by atoms with Crippen LogP contribution in [0.2, 0.25) is 0 Å². The molecule has 0 saturated carbocycles. The van der Waals surface area contributed by atoms with E-state index in [0.717, 1.165) is 0 Å². The molecule has 2 aliphatic heterocycles. The van der Waals surface area contributed by atoms with Crippen molar-refractivity contribution < 1.29 is 69.6 Å². The summed E-state index contributed by atoms with van der Waals surface area (Å²) in [5.74, 6) is -0.723. The minimum absolute atomic E-state index is 0.530. The SMILES string of the molecule is CC1C(O)[C@H](O[C@@H]2OC(CO)[C@H](O)C(O)[C@@H]2O)[C@H](CO)O[C@H]1O[C@H](C)[C@@H](C)OC(CO)[C@@H](O)CO. The molecule has 9 N–H and O–H groups in total. The molecule has 2 heterocycles. The molecule has 0 radical (unpaired) electrons. The molecule has 0 aliphatic carbocycles. The van der Waals surface area contributed by atoms with Crippen LogP contribution in [0.3, 0.4) is 0 Å². The van der Waals surface area contributed by atoms with Crippen LogP contribution in [0.15, 0.2) is 0 Å². The quantitative estimate of drug-likeness (QED) is 0.119. The summed E-state index contributed by atoms with van der Waals surface area (Å²) in [6, 6.07) is 0. The first kappa shape index (κ1) is 30.7. The second-order valence-corrected chi connectivity index (χ2v) is 9.03. The van der Waals surface area contributed by atoms with E-state index in [4.69, 9.17) is 28.8 Å². The third-order valence-corrected chi connectivity index (χ3v) is 6.50. The predicted octanol–water partition coefficient (Wildman–Crippen LogP) is -4.59. The fourth-order valence-electron chi connectivity index (χ4n) is 3.94. The van der Waals surface area contributed by atoms with Crippen molar-refractivity contribution in [3.05, 3.63) is 0 Å². The summed E-state index contributed by atoms with van der Waals surface area (Å²) in [6.45, 7) is 2.45. The molecule has 14 heteroatoms. The Morgan fingerprint density at radius 1 is 0.743 bits per heavy atom. The lowest BCUT2D eigenvalue weighted by Crippen LogP contribution is -2.63. The van der Waals surface area contributed by atoms with E-state index in [1.165, 1.54) is 0 Å².